The van der Waals surface area contributed by atoms with Gasteiger partial charge in [-0.3, -0.25) is 0 Å². The molecule has 0 radical (unpaired) electrons. The van der Waals surface area contributed by atoms with Gasteiger partial charge in [-0.25, -0.2) is 0 Å². The first-order chi connectivity index (χ1) is 10.2. The van der Waals surface area contributed by atoms with Crippen molar-refractivity contribution in [2.75, 3.05) is 25.1 Å². The zero-order chi connectivity index (χ0) is 15.1. The average Bonchev–Trinajstić information content (AvgIpc) is 2.51. The van der Waals surface area contributed by atoms with Gasteiger partial charge in [0, 0.05) is 24.9 Å². The van der Waals surface area contributed by atoms with Crippen LogP contribution in [0.5, 0.6) is 5.75 Å². The van der Waals surface area contributed by atoms with Crippen molar-refractivity contribution >= 4 is 5.69 Å². The molecule has 0 saturated heterocycles. The van der Waals surface area contributed by atoms with E-state index in [2.05, 4.69) is 31.3 Å². The third kappa shape index (κ3) is 5.24. The van der Waals surface area contributed by atoms with E-state index >= 15 is 0 Å². The van der Waals surface area contributed by atoms with E-state index in [0.29, 0.717) is 24.4 Å². The van der Waals surface area contributed by atoms with Crippen LogP contribution in [-0.2, 0) is 0 Å². The van der Waals surface area contributed by atoms with Crippen LogP contribution in [0.4, 0.5) is 5.69 Å². The van der Waals surface area contributed by atoms with E-state index < -0.39 is 0 Å². The largest absolute Gasteiger partial charge is 0.493 e. The lowest BCUT2D eigenvalue weighted by Crippen LogP contribution is -2.28. The van der Waals surface area contributed by atoms with Crippen LogP contribution >= 0.6 is 0 Å². The molecule has 0 aliphatic heterocycles. The molecule has 118 valence electrons. The molecule has 0 bridgehead atoms. The molecule has 3 nitrogen and oxygen atoms in total. The number of benzene rings is 1. The molecule has 21 heavy (non-hydrogen) atoms. The van der Waals surface area contributed by atoms with Crippen LogP contribution in [0.1, 0.15) is 39.5 Å². The molecule has 1 aromatic rings. The smallest absolute Gasteiger partial charge is 0.121 e. The first kappa shape index (κ1) is 16.2. The van der Waals surface area contributed by atoms with Crippen LogP contribution in [0, 0.1) is 17.8 Å². The summed E-state index contributed by atoms with van der Waals surface area (Å²) in [7, 11) is 0. The fourth-order valence-corrected chi connectivity index (χ4v) is 3.00. The van der Waals surface area contributed by atoms with E-state index in [4.69, 9.17) is 4.74 Å². The highest BCUT2D eigenvalue weighted by molar-refractivity contribution is 5.48. The maximum atomic E-state index is 9.48. The molecule has 0 spiro atoms. The van der Waals surface area contributed by atoms with Gasteiger partial charge in [0.25, 0.3) is 0 Å². The Labute approximate surface area is 128 Å². The highest BCUT2D eigenvalue weighted by Crippen LogP contribution is 2.30. The Morgan fingerprint density at radius 2 is 2.00 bits per heavy atom. The van der Waals surface area contributed by atoms with Crippen LogP contribution < -0.4 is 10.1 Å². The summed E-state index contributed by atoms with van der Waals surface area (Å²) in [5.74, 6) is 2.51. The lowest BCUT2D eigenvalue weighted by atomic mass is 9.79. The molecule has 2 N–H and O–H groups in total. The second kappa shape index (κ2) is 8.28. The molecule has 2 rings (SSSR count). The summed E-state index contributed by atoms with van der Waals surface area (Å²) in [4.78, 5) is 0. The standard InChI is InChI=1S/C18H29NO2/c1-14(2)13-21-18-9-5-8-17(10-18)19-11-15-6-3-4-7-16(15)12-20/h5,8-10,14-16,19-20H,3-4,6-7,11-13H2,1-2H3. The number of hydrogen-bond donors (Lipinski definition) is 2. The molecule has 1 fully saturated rings. The maximum absolute atomic E-state index is 9.48. The summed E-state index contributed by atoms with van der Waals surface area (Å²) in [6, 6.07) is 8.19. The number of anilines is 1. The molecule has 0 amide bonds. The third-order valence-corrected chi connectivity index (χ3v) is 4.29. The second-order valence-corrected chi connectivity index (χ2v) is 6.60. The SMILES string of the molecule is CC(C)COc1cccc(NCC2CCCCC2CO)c1. The monoisotopic (exact) mass is 291 g/mol. The topological polar surface area (TPSA) is 41.5 Å². The van der Waals surface area contributed by atoms with Gasteiger partial charge in [0.2, 0.25) is 0 Å². The average molecular weight is 291 g/mol. The number of rotatable bonds is 7. The molecule has 2 unspecified atom stereocenters. The Morgan fingerprint density at radius 1 is 1.24 bits per heavy atom. The lowest BCUT2D eigenvalue weighted by molar-refractivity contribution is 0.141. The molecule has 0 aromatic heterocycles. The molecule has 2 atom stereocenters. The minimum absolute atomic E-state index is 0.323. The number of aliphatic hydroxyl groups is 1. The Kier molecular flexibility index (Phi) is 6.37. The summed E-state index contributed by atoms with van der Waals surface area (Å²) in [5.41, 5.74) is 1.11. The Bertz CT molecular complexity index is 419. The van der Waals surface area contributed by atoms with Crippen LogP contribution in [0.2, 0.25) is 0 Å². The quantitative estimate of drug-likeness (QED) is 0.799. The summed E-state index contributed by atoms with van der Waals surface area (Å²) >= 11 is 0. The molecule has 3 heteroatoms. The first-order valence-electron chi connectivity index (χ1n) is 8.26. The van der Waals surface area contributed by atoms with Crippen molar-refractivity contribution in [1.82, 2.24) is 0 Å². The van der Waals surface area contributed by atoms with Gasteiger partial charge in [-0.15, -0.1) is 0 Å². The zero-order valence-corrected chi connectivity index (χ0v) is 13.3. The lowest BCUT2D eigenvalue weighted by Gasteiger charge is -2.30. The second-order valence-electron chi connectivity index (χ2n) is 6.60. The van der Waals surface area contributed by atoms with Gasteiger partial charge in [-0.05, 0) is 42.7 Å². The summed E-state index contributed by atoms with van der Waals surface area (Å²) in [6.07, 6.45) is 4.95. The first-order valence-corrected chi connectivity index (χ1v) is 8.26. The van der Waals surface area contributed by atoms with Gasteiger partial charge in [-0.1, -0.05) is 32.8 Å². The van der Waals surface area contributed by atoms with Crippen molar-refractivity contribution in [3.8, 4) is 5.75 Å². The van der Waals surface area contributed by atoms with Gasteiger partial charge in [-0.2, -0.15) is 0 Å². The van der Waals surface area contributed by atoms with Crippen molar-refractivity contribution in [1.29, 1.82) is 0 Å². The normalized spacial score (nSPS) is 22.3. The summed E-state index contributed by atoms with van der Waals surface area (Å²) < 4.78 is 5.76. The van der Waals surface area contributed by atoms with Gasteiger partial charge in [0.1, 0.15) is 5.75 Å². The number of hydrogen-bond acceptors (Lipinski definition) is 3. The summed E-state index contributed by atoms with van der Waals surface area (Å²) in [6.45, 7) is 6.32. The van der Waals surface area contributed by atoms with Crippen molar-refractivity contribution < 1.29 is 9.84 Å². The van der Waals surface area contributed by atoms with Crippen molar-refractivity contribution in [3.63, 3.8) is 0 Å². The number of nitrogens with one attached hydrogen (secondary N) is 1. The molecule has 0 heterocycles. The van der Waals surface area contributed by atoms with Gasteiger partial charge < -0.3 is 15.2 Å². The van der Waals surface area contributed by atoms with E-state index in [-0.39, 0.29) is 0 Å². The van der Waals surface area contributed by atoms with Crippen LogP contribution in [-0.4, -0.2) is 24.9 Å². The molecule has 1 aromatic carbocycles. The number of aliphatic hydroxyl groups excluding tert-OH is 1. The Hall–Kier alpha value is -1.22. The third-order valence-electron chi connectivity index (χ3n) is 4.29. The van der Waals surface area contributed by atoms with Crippen LogP contribution in [0.25, 0.3) is 0 Å². The van der Waals surface area contributed by atoms with Crippen molar-refractivity contribution in [2.24, 2.45) is 17.8 Å². The Morgan fingerprint density at radius 3 is 2.71 bits per heavy atom. The molecule has 1 saturated carbocycles. The summed E-state index contributed by atoms with van der Waals surface area (Å²) in [5, 5.41) is 13.0. The van der Waals surface area contributed by atoms with E-state index in [9.17, 15) is 5.11 Å². The predicted molar refractivity (Wildman–Crippen MR) is 87.8 cm³/mol. The number of ether oxygens (including phenoxy) is 1. The van der Waals surface area contributed by atoms with Crippen molar-refractivity contribution in [2.45, 2.75) is 39.5 Å². The highest BCUT2D eigenvalue weighted by atomic mass is 16.5. The predicted octanol–water partition coefficient (Wildman–Crippen LogP) is 3.93. The molecule has 1 aliphatic rings. The molecular formula is C18H29NO2. The van der Waals surface area contributed by atoms with E-state index in [1.165, 1.54) is 25.7 Å². The zero-order valence-electron chi connectivity index (χ0n) is 13.3. The van der Waals surface area contributed by atoms with E-state index in [0.717, 1.165) is 24.6 Å². The fourth-order valence-electron chi connectivity index (χ4n) is 3.00. The van der Waals surface area contributed by atoms with Gasteiger partial charge >= 0.3 is 0 Å². The van der Waals surface area contributed by atoms with Crippen LogP contribution in [0.15, 0.2) is 24.3 Å². The van der Waals surface area contributed by atoms with Gasteiger partial charge in [0.15, 0.2) is 0 Å². The molecular weight excluding hydrogens is 262 g/mol. The Balaban J connectivity index is 1.86. The van der Waals surface area contributed by atoms with E-state index in [1.807, 2.05) is 12.1 Å². The minimum atomic E-state index is 0.323. The molecule has 1 aliphatic carbocycles. The highest BCUT2D eigenvalue weighted by Gasteiger charge is 2.24. The van der Waals surface area contributed by atoms with Crippen molar-refractivity contribution in [3.05, 3.63) is 24.3 Å². The van der Waals surface area contributed by atoms with Gasteiger partial charge in [0.05, 0.1) is 6.61 Å². The van der Waals surface area contributed by atoms with Crippen LogP contribution in [0.3, 0.4) is 0 Å². The maximum Gasteiger partial charge on any atom is 0.121 e. The minimum Gasteiger partial charge on any atom is -0.493 e. The van der Waals surface area contributed by atoms with E-state index in [1.54, 1.807) is 0 Å². The fraction of sp³-hybridized carbons (Fsp3) is 0.667.